The van der Waals surface area contributed by atoms with Crippen molar-refractivity contribution in [1.82, 2.24) is 0 Å². The molecular formula is C9H7N3O2S. The largest absolute Gasteiger partial charge is 0.239 e. The van der Waals surface area contributed by atoms with Crippen molar-refractivity contribution in [1.29, 1.82) is 10.5 Å². The average molecular weight is 221 g/mol. The third kappa shape index (κ3) is 1.96. The first-order valence-electron chi connectivity index (χ1n) is 3.88. The standard InChI is InChI=1S/C9H7N3O2S/c1-6-7(4-10)2-3-9(8(6)5-11)15(12,13)14/h2-3H,1H3,(H2,12,13,14). The Kier molecular flexibility index (Phi) is 2.76. The topological polar surface area (TPSA) is 108 Å². The van der Waals surface area contributed by atoms with Crippen LogP contribution in [0, 0.1) is 29.6 Å². The van der Waals surface area contributed by atoms with Crippen molar-refractivity contribution in [2.45, 2.75) is 11.8 Å². The minimum atomic E-state index is -3.92. The Bertz CT molecular complexity index is 591. The molecule has 0 radical (unpaired) electrons. The van der Waals surface area contributed by atoms with Crippen LogP contribution in [-0.4, -0.2) is 8.42 Å². The minimum Gasteiger partial charge on any atom is -0.225 e. The molecule has 76 valence electrons. The second kappa shape index (κ2) is 3.70. The summed E-state index contributed by atoms with van der Waals surface area (Å²) in [5, 5.41) is 22.4. The molecule has 0 spiro atoms. The predicted octanol–water partition coefficient (Wildman–Crippen LogP) is 0.386. The molecule has 0 saturated carbocycles. The van der Waals surface area contributed by atoms with E-state index in [2.05, 4.69) is 0 Å². The molecule has 0 bridgehead atoms. The van der Waals surface area contributed by atoms with Crippen molar-refractivity contribution < 1.29 is 8.42 Å². The highest BCUT2D eigenvalue weighted by Gasteiger charge is 2.17. The van der Waals surface area contributed by atoms with Gasteiger partial charge in [-0.05, 0) is 24.6 Å². The van der Waals surface area contributed by atoms with Gasteiger partial charge in [-0.25, -0.2) is 13.6 Å². The molecule has 0 amide bonds. The molecule has 1 aromatic rings. The van der Waals surface area contributed by atoms with Crippen LogP contribution in [-0.2, 0) is 10.0 Å². The molecular weight excluding hydrogens is 214 g/mol. The Hall–Kier alpha value is -1.89. The van der Waals surface area contributed by atoms with Crippen molar-refractivity contribution in [3.63, 3.8) is 0 Å². The van der Waals surface area contributed by atoms with Crippen LogP contribution in [0.15, 0.2) is 17.0 Å². The van der Waals surface area contributed by atoms with Gasteiger partial charge in [0.15, 0.2) is 0 Å². The van der Waals surface area contributed by atoms with Crippen molar-refractivity contribution in [2.24, 2.45) is 5.14 Å². The summed E-state index contributed by atoms with van der Waals surface area (Å²) in [6.07, 6.45) is 0. The van der Waals surface area contributed by atoms with Crippen molar-refractivity contribution in [3.8, 4) is 12.1 Å². The summed E-state index contributed by atoms with van der Waals surface area (Å²) in [7, 11) is -3.92. The molecule has 1 rings (SSSR count). The molecule has 0 aromatic heterocycles. The number of nitrogens with two attached hydrogens (primary N) is 1. The predicted molar refractivity (Wildman–Crippen MR) is 52.0 cm³/mol. The van der Waals surface area contributed by atoms with Gasteiger partial charge in [0.25, 0.3) is 0 Å². The summed E-state index contributed by atoms with van der Waals surface area (Å²) < 4.78 is 22.2. The number of hydrogen-bond acceptors (Lipinski definition) is 4. The van der Waals surface area contributed by atoms with E-state index in [1.54, 1.807) is 6.07 Å². The lowest BCUT2D eigenvalue weighted by atomic mass is 10.0. The highest BCUT2D eigenvalue weighted by molar-refractivity contribution is 7.89. The Morgan fingerprint density at radius 1 is 1.27 bits per heavy atom. The fourth-order valence-corrected chi connectivity index (χ4v) is 1.92. The van der Waals surface area contributed by atoms with E-state index in [4.69, 9.17) is 15.7 Å². The summed E-state index contributed by atoms with van der Waals surface area (Å²) in [6, 6.07) is 6.09. The van der Waals surface area contributed by atoms with E-state index in [0.29, 0.717) is 5.56 Å². The third-order valence-electron chi connectivity index (χ3n) is 1.97. The number of sulfonamides is 1. The van der Waals surface area contributed by atoms with Gasteiger partial charge >= 0.3 is 0 Å². The Balaban J connectivity index is 3.71. The molecule has 1 aromatic carbocycles. The zero-order valence-corrected chi connectivity index (χ0v) is 8.67. The molecule has 0 fully saturated rings. The second-order valence-electron chi connectivity index (χ2n) is 2.88. The van der Waals surface area contributed by atoms with E-state index in [1.807, 2.05) is 6.07 Å². The van der Waals surface area contributed by atoms with E-state index < -0.39 is 10.0 Å². The maximum atomic E-state index is 11.1. The summed E-state index contributed by atoms with van der Waals surface area (Å²) in [6.45, 7) is 1.51. The van der Waals surface area contributed by atoms with E-state index in [-0.39, 0.29) is 16.0 Å². The van der Waals surface area contributed by atoms with Gasteiger partial charge < -0.3 is 0 Å². The maximum Gasteiger partial charge on any atom is 0.239 e. The number of rotatable bonds is 1. The summed E-state index contributed by atoms with van der Waals surface area (Å²) in [5.74, 6) is 0. The van der Waals surface area contributed by atoms with Crippen molar-refractivity contribution in [3.05, 3.63) is 28.8 Å². The van der Waals surface area contributed by atoms with Gasteiger partial charge in [-0.2, -0.15) is 10.5 Å². The maximum absolute atomic E-state index is 11.1. The van der Waals surface area contributed by atoms with Crippen LogP contribution in [0.3, 0.4) is 0 Å². The van der Waals surface area contributed by atoms with Gasteiger partial charge in [-0.3, -0.25) is 0 Å². The molecule has 0 aliphatic heterocycles. The number of primary sulfonamides is 1. The van der Waals surface area contributed by atoms with Gasteiger partial charge in [0.05, 0.1) is 22.1 Å². The Morgan fingerprint density at radius 2 is 1.87 bits per heavy atom. The van der Waals surface area contributed by atoms with Crippen LogP contribution < -0.4 is 5.14 Å². The monoisotopic (exact) mass is 221 g/mol. The molecule has 0 saturated heterocycles. The van der Waals surface area contributed by atoms with Gasteiger partial charge in [0.2, 0.25) is 10.0 Å². The normalized spacial score (nSPS) is 10.4. The lowest BCUT2D eigenvalue weighted by molar-refractivity contribution is 0.597. The van der Waals surface area contributed by atoms with E-state index in [9.17, 15) is 8.42 Å². The summed E-state index contributed by atoms with van der Waals surface area (Å²) in [4.78, 5) is -0.249. The molecule has 15 heavy (non-hydrogen) atoms. The number of benzene rings is 1. The Labute approximate surface area is 87.4 Å². The first-order valence-corrected chi connectivity index (χ1v) is 5.43. The van der Waals surface area contributed by atoms with Gasteiger partial charge in [0.1, 0.15) is 6.07 Å². The van der Waals surface area contributed by atoms with Gasteiger partial charge in [-0.1, -0.05) is 0 Å². The molecule has 0 atom stereocenters. The smallest absolute Gasteiger partial charge is 0.225 e. The lowest BCUT2D eigenvalue weighted by Crippen LogP contribution is -2.14. The van der Waals surface area contributed by atoms with Crippen LogP contribution in [0.1, 0.15) is 16.7 Å². The van der Waals surface area contributed by atoms with E-state index in [0.717, 1.165) is 0 Å². The summed E-state index contributed by atoms with van der Waals surface area (Å²) >= 11 is 0. The average Bonchev–Trinajstić information content (AvgIpc) is 2.15. The molecule has 5 nitrogen and oxygen atoms in total. The zero-order valence-electron chi connectivity index (χ0n) is 7.85. The van der Waals surface area contributed by atoms with Crippen LogP contribution in [0.4, 0.5) is 0 Å². The van der Waals surface area contributed by atoms with Crippen LogP contribution in [0.25, 0.3) is 0 Å². The molecule has 2 N–H and O–H groups in total. The van der Waals surface area contributed by atoms with Crippen LogP contribution in [0.2, 0.25) is 0 Å². The zero-order chi connectivity index (χ0) is 11.6. The van der Waals surface area contributed by atoms with Crippen molar-refractivity contribution in [2.75, 3.05) is 0 Å². The van der Waals surface area contributed by atoms with Crippen LogP contribution >= 0.6 is 0 Å². The van der Waals surface area contributed by atoms with Gasteiger partial charge in [0, 0.05) is 0 Å². The fourth-order valence-electron chi connectivity index (χ4n) is 1.18. The second-order valence-corrected chi connectivity index (χ2v) is 4.41. The molecule has 0 aliphatic rings. The first kappa shape index (κ1) is 11.2. The summed E-state index contributed by atoms with van der Waals surface area (Å²) in [5.41, 5.74) is 0.516. The van der Waals surface area contributed by atoms with Crippen LogP contribution in [0.5, 0.6) is 0 Å². The number of nitrogens with zero attached hydrogens (tertiary/aromatic N) is 2. The molecule has 6 heteroatoms. The van der Waals surface area contributed by atoms with Gasteiger partial charge in [-0.15, -0.1) is 0 Å². The third-order valence-corrected chi connectivity index (χ3v) is 2.92. The number of nitriles is 2. The molecule has 0 aliphatic carbocycles. The SMILES string of the molecule is Cc1c(C#N)ccc(S(N)(=O)=O)c1C#N. The fraction of sp³-hybridized carbons (Fsp3) is 0.111. The van der Waals surface area contributed by atoms with E-state index in [1.165, 1.54) is 19.1 Å². The van der Waals surface area contributed by atoms with Crippen molar-refractivity contribution >= 4 is 10.0 Å². The molecule has 0 unspecified atom stereocenters. The highest BCUT2D eigenvalue weighted by atomic mass is 32.2. The minimum absolute atomic E-state index is 0.0726. The lowest BCUT2D eigenvalue weighted by Gasteiger charge is -2.05. The highest BCUT2D eigenvalue weighted by Crippen LogP contribution is 2.20. The number of hydrogen-bond donors (Lipinski definition) is 1. The first-order chi connectivity index (χ1) is 6.91. The molecule has 0 heterocycles. The Morgan fingerprint density at radius 3 is 2.27 bits per heavy atom. The van der Waals surface area contributed by atoms with E-state index >= 15 is 0 Å². The quantitative estimate of drug-likeness (QED) is 0.739.